The van der Waals surface area contributed by atoms with Crippen LogP contribution in [0.2, 0.25) is 0 Å². The minimum Gasteiger partial charge on any atom is -0.507 e. The number of ketones is 1. The van der Waals surface area contributed by atoms with Gasteiger partial charge in [0.05, 0.1) is 18.8 Å². The maximum atomic E-state index is 11.4. The summed E-state index contributed by atoms with van der Waals surface area (Å²) < 4.78 is 10.8. The minimum absolute atomic E-state index is 0.0119. The van der Waals surface area contributed by atoms with Gasteiger partial charge in [-0.1, -0.05) is 0 Å². The third-order valence-electron chi connectivity index (χ3n) is 3.15. The van der Waals surface area contributed by atoms with Crippen LogP contribution in [0.4, 0.5) is 5.69 Å². The van der Waals surface area contributed by atoms with Crippen molar-refractivity contribution in [1.29, 1.82) is 0 Å². The van der Waals surface area contributed by atoms with Gasteiger partial charge in [-0.25, -0.2) is 0 Å². The molecule has 0 amide bonds. The summed E-state index contributed by atoms with van der Waals surface area (Å²) in [6.45, 7) is 9.34. The Hall–Kier alpha value is -1.59. The first-order chi connectivity index (χ1) is 10.1. The van der Waals surface area contributed by atoms with Crippen LogP contribution in [0.25, 0.3) is 0 Å². The fourth-order valence-electron chi connectivity index (χ4n) is 2.02. The van der Waals surface area contributed by atoms with Gasteiger partial charge in [-0.2, -0.15) is 0 Å². The van der Waals surface area contributed by atoms with E-state index in [0.29, 0.717) is 45.1 Å². The lowest BCUT2D eigenvalue weighted by atomic mass is 10.1. The standard InChI is InChI=1S/C16H25NO4/c1-4-20-10-8-17(9-11-21-5-2)14-6-7-15(13(3)18)16(19)12-14/h6-7,12,19H,4-5,8-11H2,1-3H3. The molecule has 21 heavy (non-hydrogen) atoms. The van der Waals surface area contributed by atoms with Crippen LogP contribution in [0, 0.1) is 0 Å². The van der Waals surface area contributed by atoms with E-state index in [-0.39, 0.29) is 11.5 Å². The number of aromatic hydroxyl groups is 1. The lowest BCUT2D eigenvalue weighted by Gasteiger charge is -2.25. The smallest absolute Gasteiger partial charge is 0.163 e. The summed E-state index contributed by atoms with van der Waals surface area (Å²) in [7, 11) is 0. The number of nitrogens with zero attached hydrogens (tertiary/aromatic N) is 1. The molecule has 0 radical (unpaired) electrons. The van der Waals surface area contributed by atoms with Crippen LogP contribution in [0.15, 0.2) is 18.2 Å². The van der Waals surface area contributed by atoms with E-state index in [1.807, 2.05) is 19.9 Å². The zero-order chi connectivity index (χ0) is 15.7. The maximum Gasteiger partial charge on any atom is 0.163 e. The van der Waals surface area contributed by atoms with Gasteiger partial charge in [0.1, 0.15) is 5.75 Å². The molecule has 0 unspecified atom stereocenters. The first kappa shape index (κ1) is 17.5. The van der Waals surface area contributed by atoms with Gasteiger partial charge >= 0.3 is 0 Å². The van der Waals surface area contributed by atoms with Gasteiger partial charge in [0.15, 0.2) is 5.78 Å². The zero-order valence-corrected chi connectivity index (χ0v) is 13.1. The molecule has 0 saturated carbocycles. The Kier molecular flexibility index (Phi) is 7.79. The first-order valence-corrected chi connectivity index (χ1v) is 7.34. The van der Waals surface area contributed by atoms with Gasteiger partial charge in [-0.15, -0.1) is 0 Å². The summed E-state index contributed by atoms with van der Waals surface area (Å²) in [5, 5.41) is 9.94. The summed E-state index contributed by atoms with van der Waals surface area (Å²) >= 11 is 0. The number of Topliss-reactive ketones (excluding diaryl/α,β-unsaturated/α-hetero) is 1. The van der Waals surface area contributed by atoms with Crippen molar-refractivity contribution in [2.45, 2.75) is 20.8 Å². The van der Waals surface area contributed by atoms with Gasteiger partial charge in [-0.05, 0) is 32.9 Å². The van der Waals surface area contributed by atoms with Crippen LogP contribution < -0.4 is 4.90 Å². The molecule has 1 rings (SSSR count). The Morgan fingerprint density at radius 2 is 1.71 bits per heavy atom. The second-order valence-corrected chi connectivity index (χ2v) is 4.64. The van der Waals surface area contributed by atoms with Crippen LogP contribution in [-0.4, -0.2) is 50.4 Å². The van der Waals surface area contributed by atoms with Crippen LogP contribution in [0.3, 0.4) is 0 Å². The molecule has 0 aromatic heterocycles. The van der Waals surface area contributed by atoms with Crippen molar-refractivity contribution < 1.29 is 19.4 Å². The number of anilines is 1. The lowest BCUT2D eigenvalue weighted by molar-refractivity contribution is 0.101. The van der Waals surface area contributed by atoms with E-state index in [0.717, 1.165) is 5.69 Å². The zero-order valence-electron chi connectivity index (χ0n) is 13.1. The third kappa shape index (κ3) is 5.73. The van der Waals surface area contributed by atoms with Crippen LogP contribution in [-0.2, 0) is 9.47 Å². The van der Waals surface area contributed by atoms with Gasteiger partial charge in [0, 0.05) is 38.1 Å². The number of hydrogen-bond donors (Lipinski definition) is 1. The molecule has 0 heterocycles. The minimum atomic E-state index is -0.144. The molecule has 118 valence electrons. The highest BCUT2D eigenvalue weighted by molar-refractivity contribution is 5.97. The molecule has 0 bridgehead atoms. The van der Waals surface area contributed by atoms with E-state index in [1.54, 1.807) is 12.1 Å². The molecule has 0 aliphatic rings. The largest absolute Gasteiger partial charge is 0.507 e. The third-order valence-corrected chi connectivity index (χ3v) is 3.15. The molecule has 0 aliphatic carbocycles. The van der Waals surface area contributed by atoms with E-state index in [2.05, 4.69) is 4.90 Å². The maximum absolute atomic E-state index is 11.4. The highest BCUT2D eigenvalue weighted by Crippen LogP contribution is 2.25. The monoisotopic (exact) mass is 295 g/mol. The summed E-state index contributed by atoms with van der Waals surface area (Å²) in [6.07, 6.45) is 0. The van der Waals surface area contributed by atoms with Gasteiger partial charge in [0.2, 0.25) is 0 Å². The van der Waals surface area contributed by atoms with Crippen molar-refractivity contribution in [2.24, 2.45) is 0 Å². The van der Waals surface area contributed by atoms with Crippen molar-refractivity contribution >= 4 is 11.5 Å². The molecule has 1 aromatic carbocycles. The number of ether oxygens (including phenoxy) is 2. The Morgan fingerprint density at radius 3 is 2.14 bits per heavy atom. The van der Waals surface area contributed by atoms with Crippen molar-refractivity contribution in [1.82, 2.24) is 0 Å². The Morgan fingerprint density at radius 1 is 1.14 bits per heavy atom. The molecule has 1 aromatic rings. The normalized spacial score (nSPS) is 10.6. The van der Waals surface area contributed by atoms with Gasteiger partial charge < -0.3 is 19.5 Å². The molecule has 0 atom stereocenters. The van der Waals surface area contributed by atoms with Crippen molar-refractivity contribution in [2.75, 3.05) is 44.4 Å². The SMILES string of the molecule is CCOCCN(CCOCC)c1ccc(C(C)=O)c(O)c1. The molecule has 0 aliphatic heterocycles. The quantitative estimate of drug-likeness (QED) is 0.531. The van der Waals surface area contributed by atoms with E-state index in [1.165, 1.54) is 6.92 Å². The summed E-state index contributed by atoms with van der Waals surface area (Å²) in [5.41, 5.74) is 1.20. The van der Waals surface area contributed by atoms with Crippen LogP contribution >= 0.6 is 0 Å². The van der Waals surface area contributed by atoms with E-state index < -0.39 is 0 Å². The average Bonchev–Trinajstić information content (AvgIpc) is 2.45. The molecular formula is C16H25NO4. The van der Waals surface area contributed by atoms with Crippen molar-refractivity contribution in [3.63, 3.8) is 0 Å². The predicted molar refractivity (Wildman–Crippen MR) is 83.3 cm³/mol. The first-order valence-electron chi connectivity index (χ1n) is 7.34. The summed E-state index contributed by atoms with van der Waals surface area (Å²) in [5.74, 6) is -0.132. The molecule has 0 spiro atoms. The number of carbonyl (C=O) groups excluding carboxylic acids is 1. The number of hydrogen-bond acceptors (Lipinski definition) is 5. The van der Waals surface area contributed by atoms with Gasteiger partial charge in [-0.3, -0.25) is 4.79 Å². The lowest BCUT2D eigenvalue weighted by Crippen LogP contribution is -2.31. The highest BCUT2D eigenvalue weighted by Gasteiger charge is 2.11. The number of benzene rings is 1. The van der Waals surface area contributed by atoms with E-state index in [4.69, 9.17) is 9.47 Å². The van der Waals surface area contributed by atoms with Crippen molar-refractivity contribution in [3.8, 4) is 5.75 Å². The second-order valence-electron chi connectivity index (χ2n) is 4.64. The Bertz CT molecular complexity index is 438. The Labute approximate surface area is 126 Å². The number of phenolic OH excluding ortho intramolecular Hbond substituents is 1. The topological polar surface area (TPSA) is 59.0 Å². The van der Waals surface area contributed by atoms with E-state index in [9.17, 15) is 9.90 Å². The Balaban J connectivity index is 2.80. The number of rotatable bonds is 10. The average molecular weight is 295 g/mol. The fourth-order valence-corrected chi connectivity index (χ4v) is 2.02. The molecule has 0 saturated heterocycles. The summed E-state index contributed by atoms with van der Waals surface area (Å²) in [6, 6.07) is 5.12. The molecule has 5 heteroatoms. The number of phenols is 1. The van der Waals surface area contributed by atoms with Crippen LogP contribution in [0.5, 0.6) is 5.75 Å². The number of carbonyl (C=O) groups is 1. The van der Waals surface area contributed by atoms with E-state index >= 15 is 0 Å². The molecule has 1 N–H and O–H groups in total. The molecule has 5 nitrogen and oxygen atoms in total. The second kappa shape index (κ2) is 9.37. The highest BCUT2D eigenvalue weighted by atomic mass is 16.5. The molecular weight excluding hydrogens is 270 g/mol. The van der Waals surface area contributed by atoms with Crippen molar-refractivity contribution in [3.05, 3.63) is 23.8 Å². The predicted octanol–water partition coefficient (Wildman–Crippen LogP) is 2.47. The summed E-state index contributed by atoms with van der Waals surface area (Å²) in [4.78, 5) is 13.4. The molecule has 0 fully saturated rings. The van der Waals surface area contributed by atoms with Crippen LogP contribution in [0.1, 0.15) is 31.1 Å². The fraction of sp³-hybridized carbons (Fsp3) is 0.562. The van der Waals surface area contributed by atoms with Gasteiger partial charge in [0.25, 0.3) is 0 Å².